The fraction of sp³-hybridized carbons (Fsp3) is 0.750. The smallest absolute Gasteiger partial charge is 0.317 e. The number of hydrogen-bond donors (Lipinski definition) is 1. The molecular weight excluding hydrogens is 312 g/mol. The van der Waals surface area contributed by atoms with Crippen molar-refractivity contribution in [3.63, 3.8) is 0 Å². The molecule has 6 nitrogen and oxygen atoms in total. The summed E-state index contributed by atoms with van der Waals surface area (Å²) >= 11 is 2.02. The fourth-order valence-electron chi connectivity index (χ4n) is 3.38. The lowest BCUT2D eigenvalue weighted by molar-refractivity contribution is 0.131. The van der Waals surface area contributed by atoms with Crippen LogP contribution in [0.25, 0.3) is 0 Å². The molecule has 23 heavy (non-hydrogen) atoms. The molecule has 1 saturated heterocycles. The lowest BCUT2D eigenvalue weighted by Gasteiger charge is -2.34. The van der Waals surface area contributed by atoms with E-state index in [2.05, 4.69) is 22.3 Å². The zero-order valence-corrected chi connectivity index (χ0v) is 14.6. The lowest BCUT2D eigenvalue weighted by atomic mass is 10.2. The van der Waals surface area contributed by atoms with Gasteiger partial charge in [-0.15, -0.1) is 0 Å². The maximum atomic E-state index is 12.4. The van der Waals surface area contributed by atoms with Gasteiger partial charge in [-0.3, -0.25) is 4.90 Å². The first-order chi connectivity index (χ1) is 11.2. The molecule has 2 aliphatic rings. The van der Waals surface area contributed by atoms with Crippen molar-refractivity contribution in [3.8, 4) is 0 Å². The van der Waals surface area contributed by atoms with Gasteiger partial charge in [0.25, 0.3) is 0 Å². The number of nitrogens with one attached hydrogen (secondary N) is 1. The van der Waals surface area contributed by atoms with E-state index in [1.807, 2.05) is 22.7 Å². The van der Waals surface area contributed by atoms with Gasteiger partial charge < -0.3 is 14.7 Å². The van der Waals surface area contributed by atoms with E-state index in [-0.39, 0.29) is 6.03 Å². The molecule has 1 aromatic rings. The van der Waals surface area contributed by atoms with Crippen molar-refractivity contribution in [2.24, 2.45) is 0 Å². The second-order valence-corrected chi connectivity index (χ2v) is 7.87. The van der Waals surface area contributed by atoms with E-state index in [0.29, 0.717) is 6.04 Å². The Bertz CT molecular complexity index is 488. The number of rotatable bonds is 5. The van der Waals surface area contributed by atoms with Gasteiger partial charge in [-0.1, -0.05) is 12.1 Å². The minimum absolute atomic E-state index is 0.109. The molecule has 2 fully saturated rings. The second kappa shape index (κ2) is 8.06. The van der Waals surface area contributed by atoms with Crippen LogP contribution in [0.2, 0.25) is 0 Å². The molecule has 1 aliphatic heterocycles. The van der Waals surface area contributed by atoms with Gasteiger partial charge in [0.15, 0.2) is 0 Å². The van der Waals surface area contributed by atoms with Crippen molar-refractivity contribution in [3.05, 3.63) is 18.0 Å². The van der Waals surface area contributed by atoms with E-state index in [1.165, 1.54) is 12.2 Å². The third kappa shape index (κ3) is 4.64. The van der Waals surface area contributed by atoms with Crippen molar-refractivity contribution in [1.82, 2.24) is 20.3 Å². The van der Waals surface area contributed by atoms with Gasteiger partial charge in [-0.05, 0) is 25.0 Å². The minimum atomic E-state index is 0.109. The van der Waals surface area contributed by atoms with E-state index < -0.39 is 0 Å². The molecule has 2 amide bonds. The summed E-state index contributed by atoms with van der Waals surface area (Å²) in [6, 6.07) is 2.36. The van der Waals surface area contributed by atoms with E-state index in [1.54, 1.807) is 6.26 Å². The van der Waals surface area contributed by atoms with Crippen molar-refractivity contribution < 1.29 is 9.32 Å². The minimum Gasteiger partial charge on any atom is -0.364 e. The zero-order chi connectivity index (χ0) is 16.1. The highest BCUT2D eigenvalue weighted by Gasteiger charge is 2.28. The molecule has 128 valence electrons. The number of hydrogen-bond acceptors (Lipinski definition) is 5. The topological polar surface area (TPSA) is 61.6 Å². The molecule has 2 unspecified atom stereocenters. The van der Waals surface area contributed by atoms with Crippen molar-refractivity contribution in [1.29, 1.82) is 0 Å². The summed E-state index contributed by atoms with van der Waals surface area (Å²) in [5, 5.41) is 7.90. The maximum absolute atomic E-state index is 12.4. The van der Waals surface area contributed by atoms with Gasteiger partial charge in [0.1, 0.15) is 6.26 Å². The predicted molar refractivity (Wildman–Crippen MR) is 91.4 cm³/mol. The van der Waals surface area contributed by atoms with Gasteiger partial charge >= 0.3 is 6.03 Å². The highest BCUT2D eigenvalue weighted by molar-refractivity contribution is 7.99. The Morgan fingerprint density at radius 1 is 1.39 bits per heavy atom. The zero-order valence-electron chi connectivity index (χ0n) is 13.7. The fourth-order valence-corrected chi connectivity index (χ4v) is 4.52. The predicted octanol–water partition coefficient (Wildman–Crippen LogP) is 2.18. The van der Waals surface area contributed by atoms with Gasteiger partial charge in [-0.2, -0.15) is 11.8 Å². The number of thioether (sulfide) groups is 1. The van der Waals surface area contributed by atoms with Crippen LogP contribution in [0, 0.1) is 0 Å². The maximum Gasteiger partial charge on any atom is 0.317 e. The van der Waals surface area contributed by atoms with Crippen molar-refractivity contribution in [2.75, 3.05) is 31.9 Å². The molecule has 2 heterocycles. The van der Waals surface area contributed by atoms with Gasteiger partial charge in [0, 0.05) is 50.1 Å². The molecular formula is C16H26N4O2S. The summed E-state index contributed by atoms with van der Waals surface area (Å²) in [7, 11) is 0. The van der Waals surface area contributed by atoms with E-state index in [4.69, 9.17) is 4.52 Å². The molecule has 0 spiro atoms. The number of carbonyl (C=O) groups is 1. The quantitative estimate of drug-likeness (QED) is 0.891. The third-order valence-corrected chi connectivity index (χ3v) is 5.88. The molecule has 0 radical (unpaired) electrons. The van der Waals surface area contributed by atoms with Crippen molar-refractivity contribution in [2.45, 2.75) is 44.0 Å². The molecule has 1 saturated carbocycles. The molecule has 1 aliphatic carbocycles. The molecule has 7 heteroatoms. The highest BCUT2D eigenvalue weighted by Crippen LogP contribution is 2.29. The normalized spacial score (nSPS) is 25.7. The van der Waals surface area contributed by atoms with Crippen LogP contribution in [-0.2, 0) is 6.54 Å². The van der Waals surface area contributed by atoms with Gasteiger partial charge in [0.05, 0.1) is 5.69 Å². The van der Waals surface area contributed by atoms with Gasteiger partial charge in [-0.25, -0.2) is 4.79 Å². The number of amides is 2. The van der Waals surface area contributed by atoms with E-state index >= 15 is 0 Å². The van der Waals surface area contributed by atoms with Crippen LogP contribution in [0.4, 0.5) is 4.79 Å². The second-order valence-electron chi connectivity index (χ2n) is 6.29. The van der Waals surface area contributed by atoms with E-state index in [9.17, 15) is 4.79 Å². The average Bonchev–Trinajstić information content (AvgIpc) is 3.21. The number of piperazine rings is 1. The van der Waals surface area contributed by atoms with Crippen LogP contribution in [0.5, 0.6) is 0 Å². The summed E-state index contributed by atoms with van der Waals surface area (Å²) in [4.78, 5) is 16.7. The van der Waals surface area contributed by atoms with Crippen LogP contribution < -0.4 is 5.32 Å². The Hall–Kier alpha value is -1.21. The number of aromatic nitrogens is 1. The Kier molecular flexibility index (Phi) is 5.83. The number of urea groups is 1. The highest BCUT2D eigenvalue weighted by atomic mass is 32.2. The Morgan fingerprint density at radius 3 is 2.91 bits per heavy atom. The first-order valence-corrected chi connectivity index (χ1v) is 9.58. The molecule has 1 N–H and O–H groups in total. The molecule has 3 rings (SSSR count). The third-order valence-electron chi connectivity index (χ3n) is 4.65. The van der Waals surface area contributed by atoms with Crippen LogP contribution in [0.3, 0.4) is 0 Å². The largest absolute Gasteiger partial charge is 0.364 e. The summed E-state index contributed by atoms with van der Waals surface area (Å²) in [6.07, 6.45) is 5.07. The molecule has 1 aromatic heterocycles. The summed E-state index contributed by atoms with van der Waals surface area (Å²) in [5.74, 6) is 1.17. The van der Waals surface area contributed by atoms with Gasteiger partial charge in [0.2, 0.25) is 0 Å². The van der Waals surface area contributed by atoms with Crippen LogP contribution >= 0.6 is 11.8 Å². The van der Waals surface area contributed by atoms with Crippen LogP contribution in [-0.4, -0.2) is 64.2 Å². The van der Waals surface area contributed by atoms with E-state index in [0.717, 1.165) is 56.5 Å². The summed E-state index contributed by atoms with van der Waals surface area (Å²) < 4.78 is 4.86. The summed E-state index contributed by atoms with van der Waals surface area (Å²) in [5.41, 5.74) is 0.952. The average molecular weight is 338 g/mol. The Morgan fingerprint density at radius 2 is 2.22 bits per heavy atom. The number of carbonyl (C=O) groups excluding carboxylic acids is 1. The Balaban J connectivity index is 1.38. The Labute approximate surface area is 141 Å². The molecule has 0 aromatic carbocycles. The molecule has 0 bridgehead atoms. The standard InChI is InChI=1S/C16H26N4O2S/c1-2-23-15-4-3-13(11-15)17-16(21)20-8-6-19(7-9-20)12-14-5-10-22-18-14/h5,10,13,15H,2-4,6-9,11-12H2,1H3,(H,17,21). The monoisotopic (exact) mass is 338 g/mol. The summed E-state index contributed by atoms with van der Waals surface area (Å²) in [6.45, 7) is 6.34. The number of nitrogens with zero attached hydrogens (tertiary/aromatic N) is 3. The van der Waals surface area contributed by atoms with Crippen LogP contribution in [0.15, 0.2) is 16.9 Å². The van der Waals surface area contributed by atoms with Crippen LogP contribution in [0.1, 0.15) is 31.9 Å². The first-order valence-electron chi connectivity index (χ1n) is 8.53. The SMILES string of the molecule is CCSC1CCC(NC(=O)N2CCN(Cc3ccon3)CC2)C1. The molecule has 2 atom stereocenters. The van der Waals surface area contributed by atoms with Crippen molar-refractivity contribution >= 4 is 17.8 Å². The first kappa shape index (κ1) is 16.6. The lowest BCUT2D eigenvalue weighted by Crippen LogP contribution is -2.53.